The van der Waals surface area contributed by atoms with Gasteiger partial charge in [0.25, 0.3) is 0 Å². The summed E-state index contributed by atoms with van der Waals surface area (Å²) in [5.74, 6) is 1.29. The van der Waals surface area contributed by atoms with Gasteiger partial charge < -0.3 is 15.8 Å². The van der Waals surface area contributed by atoms with Gasteiger partial charge in [0.05, 0.1) is 12.1 Å². The van der Waals surface area contributed by atoms with E-state index in [2.05, 4.69) is 40.6 Å². The number of halogens is 1. The maximum absolute atomic E-state index is 6.07. The van der Waals surface area contributed by atoms with Gasteiger partial charge in [-0.2, -0.15) is 0 Å². The molecule has 0 aromatic heterocycles. The second-order valence-electron chi connectivity index (χ2n) is 6.14. The Kier molecular flexibility index (Phi) is 6.95. The summed E-state index contributed by atoms with van der Waals surface area (Å²) in [5.41, 5.74) is 7.36. The zero-order valence-electron chi connectivity index (χ0n) is 12.9. The molecular weight excluding hydrogens is 389 g/mol. The first-order valence-corrected chi connectivity index (χ1v) is 8.04. The van der Waals surface area contributed by atoms with Crippen LogP contribution in [-0.2, 0) is 4.74 Å². The Morgan fingerprint density at radius 3 is 2.50 bits per heavy atom. The molecule has 1 atom stereocenters. The number of guanidine groups is 1. The largest absolute Gasteiger partial charge is 0.381 e. The third-order valence-corrected chi connectivity index (χ3v) is 4.30. The minimum absolute atomic E-state index is 0. The summed E-state index contributed by atoms with van der Waals surface area (Å²) in [6, 6.07) is 11.3. The summed E-state index contributed by atoms with van der Waals surface area (Å²) in [6.45, 7) is 1.77. The van der Waals surface area contributed by atoms with E-state index in [0.29, 0.717) is 17.9 Å². The Labute approximate surface area is 149 Å². The Hall–Kier alpha value is -0.820. The number of benzene rings is 1. The lowest BCUT2D eigenvalue weighted by atomic mass is 9.89. The van der Waals surface area contributed by atoms with Crippen LogP contribution in [0, 0.1) is 5.92 Å². The van der Waals surface area contributed by atoms with Gasteiger partial charge >= 0.3 is 0 Å². The molecule has 1 aromatic rings. The van der Waals surface area contributed by atoms with E-state index in [1.807, 2.05) is 0 Å². The quantitative estimate of drug-likeness (QED) is 0.441. The summed E-state index contributed by atoms with van der Waals surface area (Å²) < 4.78 is 5.46. The van der Waals surface area contributed by atoms with Gasteiger partial charge in [0.15, 0.2) is 5.96 Å². The highest BCUT2D eigenvalue weighted by molar-refractivity contribution is 14.0. The van der Waals surface area contributed by atoms with Gasteiger partial charge in [-0.3, -0.25) is 4.99 Å². The Morgan fingerprint density at radius 2 is 1.86 bits per heavy atom. The van der Waals surface area contributed by atoms with Crippen LogP contribution in [0.25, 0.3) is 0 Å². The van der Waals surface area contributed by atoms with Gasteiger partial charge in [-0.15, -0.1) is 24.0 Å². The molecule has 1 aliphatic carbocycles. The van der Waals surface area contributed by atoms with E-state index in [4.69, 9.17) is 10.5 Å². The molecule has 1 heterocycles. The van der Waals surface area contributed by atoms with Crippen LogP contribution in [-0.4, -0.2) is 25.2 Å². The van der Waals surface area contributed by atoms with Crippen LogP contribution < -0.4 is 11.1 Å². The number of rotatable bonds is 5. The molecule has 3 rings (SSSR count). The second-order valence-corrected chi connectivity index (χ2v) is 6.14. The van der Waals surface area contributed by atoms with E-state index in [9.17, 15) is 0 Å². The number of nitrogens with two attached hydrogens (primary N) is 1. The lowest BCUT2D eigenvalue weighted by Gasteiger charge is -2.28. The molecule has 0 radical (unpaired) electrons. The van der Waals surface area contributed by atoms with E-state index >= 15 is 0 Å². The fourth-order valence-corrected chi connectivity index (χ4v) is 2.90. The molecule has 1 aliphatic heterocycles. The van der Waals surface area contributed by atoms with E-state index in [1.54, 1.807) is 0 Å². The number of nitrogens with one attached hydrogen (secondary N) is 1. The topological polar surface area (TPSA) is 59.6 Å². The molecule has 0 amide bonds. The predicted molar refractivity (Wildman–Crippen MR) is 101 cm³/mol. The summed E-state index contributed by atoms with van der Waals surface area (Å²) in [4.78, 5) is 4.51. The highest BCUT2D eigenvalue weighted by Crippen LogP contribution is 2.28. The van der Waals surface area contributed by atoms with E-state index < -0.39 is 0 Å². The van der Waals surface area contributed by atoms with Crippen molar-refractivity contribution in [3.8, 4) is 0 Å². The highest BCUT2D eigenvalue weighted by Gasteiger charge is 2.23. The molecule has 4 nitrogen and oxygen atoms in total. The Balaban J connectivity index is 0.00000176. The number of nitrogens with zero attached hydrogens (tertiary/aromatic N) is 1. The second kappa shape index (κ2) is 8.72. The van der Waals surface area contributed by atoms with Crippen molar-refractivity contribution < 1.29 is 4.74 Å². The minimum atomic E-state index is 0. The van der Waals surface area contributed by atoms with Crippen molar-refractivity contribution in [2.45, 2.75) is 44.2 Å². The normalized spacial score (nSPS) is 21.0. The van der Waals surface area contributed by atoms with Crippen molar-refractivity contribution in [2.24, 2.45) is 16.6 Å². The molecule has 1 unspecified atom stereocenters. The van der Waals surface area contributed by atoms with E-state index in [-0.39, 0.29) is 30.0 Å². The molecule has 22 heavy (non-hydrogen) atoms. The van der Waals surface area contributed by atoms with Gasteiger partial charge in [0.1, 0.15) is 0 Å². The van der Waals surface area contributed by atoms with Crippen molar-refractivity contribution in [3.05, 3.63) is 35.9 Å². The lowest BCUT2D eigenvalue weighted by molar-refractivity contribution is 0.0612. The van der Waals surface area contributed by atoms with Gasteiger partial charge in [-0.1, -0.05) is 30.3 Å². The zero-order chi connectivity index (χ0) is 14.5. The van der Waals surface area contributed by atoms with Gasteiger partial charge in [-0.05, 0) is 43.6 Å². The summed E-state index contributed by atoms with van der Waals surface area (Å²) >= 11 is 0. The first-order valence-electron chi connectivity index (χ1n) is 8.04. The Bertz CT molecular complexity index is 470. The molecule has 0 bridgehead atoms. The molecule has 5 heteroatoms. The minimum Gasteiger partial charge on any atom is -0.381 e. The van der Waals surface area contributed by atoms with Crippen molar-refractivity contribution in [1.82, 2.24) is 5.32 Å². The van der Waals surface area contributed by atoms with Crippen LogP contribution in [0.5, 0.6) is 0 Å². The Morgan fingerprint density at radius 1 is 1.18 bits per heavy atom. The molecule has 2 fully saturated rings. The maximum atomic E-state index is 6.07. The summed E-state index contributed by atoms with van der Waals surface area (Å²) in [7, 11) is 0. The maximum Gasteiger partial charge on any atom is 0.189 e. The average Bonchev–Trinajstić information content (AvgIpc) is 3.32. The molecule has 2 aliphatic rings. The first-order chi connectivity index (χ1) is 10.3. The predicted octanol–water partition coefficient (Wildman–Crippen LogP) is 3.23. The standard InChI is InChI=1S/C17H25N3O.HI/c18-17(19-15-6-7-15)20-16(14-4-2-1-3-5-14)12-13-8-10-21-11-9-13;/h1-5,13,15-16H,6-12H2,(H3,18,19,20);1H. The number of aliphatic imine (C=N–C) groups is 1. The molecule has 0 spiro atoms. The monoisotopic (exact) mass is 415 g/mol. The molecule has 122 valence electrons. The van der Waals surface area contributed by atoms with Gasteiger partial charge in [0.2, 0.25) is 0 Å². The average molecular weight is 415 g/mol. The highest BCUT2D eigenvalue weighted by atomic mass is 127. The van der Waals surface area contributed by atoms with Crippen LogP contribution in [0.15, 0.2) is 35.3 Å². The summed E-state index contributed by atoms with van der Waals surface area (Å²) in [6.07, 6.45) is 5.74. The van der Waals surface area contributed by atoms with Crippen molar-refractivity contribution in [2.75, 3.05) is 13.2 Å². The third-order valence-electron chi connectivity index (χ3n) is 4.30. The van der Waals surface area contributed by atoms with Crippen molar-refractivity contribution in [3.63, 3.8) is 0 Å². The van der Waals surface area contributed by atoms with Crippen molar-refractivity contribution >= 4 is 29.9 Å². The SMILES string of the molecule is I.NC(=NC1CC1)NC(CC1CCOCC1)c1ccccc1. The van der Waals surface area contributed by atoms with Gasteiger partial charge in [-0.25, -0.2) is 0 Å². The first kappa shape index (κ1) is 17.5. The van der Waals surface area contributed by atoms with Crippen molar-refractivity contribution in [1.29, 1.82) is 0 Å². The molecule has 3 N–H and O–H groups in total. The fourth-order valence-electron chi connectivity index (χ4n) is 2.90. The lowest BCUT2D eigenvalue weighted by Crippen LogP contribution is -2.36. The summed E-state index contributed by atoms with van der Waals surface area (Å²) in [5, 5.41) is 3.44. The van der Waals surface area contributed by atoms with Crippen LogP contribution >= 0.6 is 24.0 Å². The molecular formula is C17H26IN3O. The fraction of sp³-hybridized carbons (Fsp3) is 0.588. The third kappa shape index (κ3) is 5.43. The molecule has 1 saturated carbocycles. The van der Waals surface area contributed by atoms with E-state index in [0.717, 1.165) is 32.5 Å². The molecule has 1 aromatic carbocycles. The smallest absolute Gasteiger partial charge is 0.189 e. The van der Waals surface area contributed by atoms with Crippen LogP contribution in [0.2, 0.25) is 0 Å². The number of hydrogen-bond donors (Lipinski definition) is 2. The van der Waals surface area contributed by atoms with E-state index in [1.165, 1.54) is 18.4 Å². The number of hydrogen-bond acceptors (Lipinski definition) is 2. The van der Waals surface area contributed by atoms with Crippen LogP contribution in [0.4, 0.5) is 0 Å². The molecule has 1 saturated heterocycles. The van der Waals surface area contributed by atoms with Gasteiger partial charge in [0, 0.05) is 13.2 Å². The number of ether oxygens (including phenoxy) is 1. The van der Waals surface area contributed by atoms with Crippen LogP contribution in [0.1, 0.15) is 43.7 Å². The zero-order valence-corrected chi connectivity index (χ0v) is 15.2. The van der Waals surface area contributed by atoms with Crippen LogP contribution in [0.3, 0.4) is 0 Å².